The van der Waals surface area contributed by atoms with E-state index in [0.29, 0.717) is 40.9 Å². The van der Waals surface area contributed by atoms with Gasteiger partial charge < -0.3 is 14.2 Å². The number of likely N-dealkylation sites (tertiary alicyclic amines) is 1. The molecule has 2 heterocycles. The fourth-order valence-electron chi connectivity index (χ4n) is 3.49. The van der Waals surface area contributed by atoms with Gasteiger partial charge in [-0.2, -0.15) is 0 Å². The molecular weight excluding hydrogens is 364 g/mol. The fraction of sp³-hybridized carbons (Fsp3) is 0.238. The van der Waals surface area contributed by atoms with E-state index in [4.69, 9.17) is 20.9 Å². The molecule has 1 aliphatic rings. The molecule has 2 aromatic carbocycles. The van der Waals surface area contributed by atoms with Crippen molar-refractivity contribution in [3.8, 4) is 17.1 Å². The second-order valence-electron chi connectivity index (χ2n) is 6.56. The summed E-state index contributed by atoms with van der Waals surface area (Å²) in [6, 6.07) is 15.3. The van der Waals surface area contributed by atoms with Gasteiger partial charge in [0.2, 0.25) is 0 Å². The lowest BCUT2D eigenvalue weighted by molar-refractivity contribution is 0.0791. The highest BCUT2D eigenvalue weighted by Gasteiger charge is 2.31. The van der Waals surface area contributed by atoms with Gasteiger partial charge in [0, 0.05) is 24.6 Å². The second-order valence-corrected chi connectivity index (χ2v) is 6.97. The third kappa shape index (κ3) is 3.43. The van der Waals surface area contributed by atoms with Crippen LogP contribution < -0.4 is 4.74 Å². The quantitative estimate of drug-likeness (QED) is 0.660. The SMILES string of the molecule is COc1ccc(C2CCN(C(=O)c3cnoc3-c3ccccc3Cl)C2)cc1. The Labute approximate surface area is 162 Å². The first kappa shape index (κ1) is 17.6. The number of nitrogens with zero attached hydrogens (tertiary/aromatic N) is 2. The Balaban J connectivity index is 1.53. The summed E-state index contributed by atoms with van der Waals surface area (Å²) < 4.78 is 10.6. The van der Waals surface area contributed by atoms with E-state index in [1.54, 1.807) is 13.2 Å². The largest absolute Gasteiger partial charge is 0.497 e. The summed E-state index contributed by atoms with van der Waals surface area (Å²) in [4.78, 5) is 14.9. The van der Waals surface area contributed by atoms with Crippen LogP contribution in [0.3, 0.4) is 0 Å². The molecule has 1 amide bonds. The van der Waals surface area contributed by atoms with E-state index in [0.717, 1.165) is 12.2 Å². The van der Waals surface area contributed by atoms with E-state index < -0.39 is 0 Å². The van der Waals surface area contributed by atoms with Crippen LogP contribution in [0.5, 0.6) is 5.75 Å². The number of rotatable bonds is 4. The predicted molar refractivity (Wildman–Crippen MR) is 103 cm³/mol. The van der Waals surface area contributed by atoms with Gasteiger partial charge in [-0.05, 0) is 36.2 Å². The highest BCUT2D eigenvalue weighted by atomic mass is 35.5. The smallest absolute Gasteiger partial charge is 0.259 e. The Hall–Kier alpha value is -2.79. The van der Waals surface area contributed by atoms with Crippen molar-refractivity contribution in [3.05, 3.63) is 70.9 Å². The number of ether oxygens (including phenoxy) is 1. The molecule has 0 N–H and O–H groups in total. The minimum Gasteiger partial charge on any atom is -0.497 e. The lowest BCUT2D eigenvalue weighted by Gasteiger charge is -2.16. The highest BCUT2D eigenvalue weighted by molar-refractivity contribution is 6.33. The molecule has 4 rings (SSSR count). The van der Waals surface area contributed by atoms with E-state index >= 15 is 0 Å². The molecule has 0 aliphatic carbocycles. The molecule has 27 heavy (non-hydrogen) atoms. The zero-order valence-corrected chi connectivity index (χ0v) is 15.6. The molecule has 1 fully saturated rings. The molecule has 0 bridgehead atoms. The van der Waals surface area contributed by atoms with Gasteiger partial charge in [0.05, 0.1) is 18.3 Å². The molecule has 138 valence electrons. The van der Waals surface area contributed by atoms with E-state index in [-0.39, 0.29) is 5.91 Å². The topological polar surface area (TPSA) is 55.6 Å². The molecule has 1 saturated heterocycles. The van der Waals surface area contributed by atoms with Crippen LogP contribution in [0.2, 0.25) is 5.02 Å². The first-order valence-electron chi connectivity index (χ1n) is 8.80. The summed E-state index contributed by atoms with van der Waals surface area (Å²) in [5.41, 5.74) is 2.33. The molecule has 5 nitrogen and oxygen atoms in total. The molecule has 1 aliphatic heterocycles. The fourth-order valence-corrected chi connectivity index (χ4v) is 3.72. The number of halogens is 1. The van der Waals surface area contributed by atoms with Crippen LogP contribution in [0.25, 0.3) is 11.3 Å². The standard InChI is InChI=1S/C21H19ClN2O3/c1-26-16-8-6-14(7-9-16)15-10-11-24(13-15)21(25)18-12-23-27-20(18)17-4-2-3-5-19(17)22/h2-9,12,15H,10-11,13H2,1H3. The molecule has 1 unspecified atom stereocenters. The van der Waals surface area contributed by atoms with Crippen molar-refractivity contribution < 1.29 is 14.1 Å². The first-order chi connectivity index (χ1) is 13.2. The number of carbonyl (C=O) groups excluding carboxylic acids is 1. The number of benzene rings is 2. The maximum Gasteiger partial charge on any atom is 0.259 e. The number of carbonyl (C=O) groups is 1. The maximum atomic E-state index is 13.1. The summed E-state index contributed by atoms with van der Waals surface area (Å²) in [5.74, 6) is 1.47. The van der Waals surface area contributed by atoms with Crippen LogP contribution in [-0.4, -0.2) is 36.2 Å². The van der Waals surface area contributed by atoms with E-state index in [1.165, 1.54) is 11.8 Å². The molecule has 0 radical (unpaired) electrons. The van der Waals surface area contributed by atoms with Crippen LogP contribution in [0.1, 0.15) is 28.3 Å². The monoisotopic (exact) mass is 382 g/mol. The van der Waals surface area contributed by atoms with Gasteiger partial charge in [-0.25, -0.2) is 0 Å². The third-order valence-electron chi connectivity index (χ3n) is 4.98. The van der Waals surface area contributed by atoms with Crippen molar-refractivity contribution in [3.63, 3.8) is 0 Å². The molecule has 0 spiro atoms. The van der Waals surface area contributed by atoms with Gasteiger partial charge in [0.15, 0.2) is 5.76 Å². The zero-order valence-electron chi connectivity index (χ0n) is 14.9. The molecule has 0 saturated carbocycles. The van der Waals surface area contributed by atoms with Crippen LogP contribution in [0.15, 0.2) is 59.3 Å². The zero-order chi connectivity index (χ0) is 18.8. The number of methoxy groups -OCH3 is 1. The van der Waals surface area contributed by atoms with Gasteiger partial charge in [0.1, 0.15) is 11.3 Å². The predicted octanol–water partition coefficient (Wildman–Crippen LogP) is 4.63. The van der Waals surface area contributed by atoms with Gasteiger partial charge in [-0.1, -0.05) is 41.0 Å². The molecule has 3 aromatic rings. The third-order valence-corrected chi connectivity index (χ3v) is 5.31. The Bertz CT molecular complexity index is 952. The highest BCUT2D eigenvalue weighted by Crippen LogP contribution is 2.33. The first-order valence-corrected chi connectivity index (χ1v) is 9.18. The minimum absolute atomic E-state index is 0.0813. The second kappa shape index (κ2) is 7.45. The lowest BCUT2D eigenvalue weighted by Crippen LogP contribution is -2.28. The number of hydrogen-bond acceptors (Lipinski definition) is 4. The van der Waals surface area contributed by atoms with Crippen LogP contribution >= 0.6 is 11.6 Å². The van der Waals surface area contributed by atoms with Crippen molar-refractivity contribution in [1.82, 2.24) is 10.1 Å². The average Bonchev–Trinajstić information content (AvgIpc) is 3.38. The average molecular weight is 383 g/mol. The van der Waals surface area contributed by atoms with Crippen LogP contribution in [-0.2, 0) is 0 Å². The summed E-state index contributed by atoms with van der Waals surface area (Å²) in [6.07, 6.45) is 2.40. The maximum absolute atomic E-state index is 13.1. The summed E-state index contributed by atoms with van der Waals surface area (Å²) in [7, 11) is 1.65. The van der Waals surface area contributed by atoms with Crippen molar-refractivity contribution in [2.45, 2.75) is 12.3 Å². The van der Waals surface area contributed by atoms with Crippen LogP contribution in [0.4, 0.5) is 0 Å². The minimum atomic E-state index is -0.0813. The Morgan fingerprint density at radius 1 is 1.22 bits per heavy atom. The van der Waals surface area contributed by atoms with Crippen molar-refractivity contribution in [2.75, 3.05) is 20.2 Å². The number of hydrogen-bond donors (Lipinski definition) is 0. The van der Waals surface area contributed by atoms with Crippen molar-refractivity contribution >= 4 is 17.5 Å². The summed E-state index contributed by atoms with van der Waals surface area (Å²) in [5, 5.41) is 4.36. The van der Waals surface area contributed by atoms with Crippen LogP contribution in [0, 0.1) is 0 Å². The lowest BCUT2D eigenvalue weighted by atomic mass is 9.98. The Morgan fingerprint density at radius 2 is 2.00 bits per heavy atom. The Kier molecular flexibility index (Phi) is 4.86. The van der Waals surface area contributed by atoms with E-state index in [9.17, 15) is 4.79 Å². The summed E-state index contributed by atoms with van der Waals surface area (Å²) in [6.45, 7) is 1.36. The Morgan fingerprint density at radius 3 is 2.74 bits per heavy atom. The van der Waals surface area contributed by atoms with Crippen molar-refractivity contribution in [1.29, 1.82) is 0 Å². The van der Waals surface area contributed by atoms with Gasteiger partial charge >= 0.3 is 0 Å². The molecular formula is C21H19ClN2O3. The summed E-state index contributed by atoms with van der Waals surface area (Å²) >= 11 is 6.26. The molecule has 6 heteroatoms. The van der Waals surface area contributed by atoms with Crippen molar-refractivity contribution in [2.24, 2.45) is 0 Å². The van der Waals surface area contributed by atoms with Gasteiger partial charge in [-0.3, -0.25) is 4.79 Å². The normalized spacial score (nSPS) is 16.5. The molecule has 1 atom stereocenters. The molecule has 1 aromatic heterocycles. The number of aromatic nitrogens is 1. The number of amides is 1. The van der Waals surface area contributed by atoms with Gasteiger partial charge in [-0.15, -0.1) is 0 Å². The van der Waals surface area contributed by atoms with E-state index in [2.05, 4.69) is 17.3 Å². The van der Waals surface area contributed by atoms with E-state index in [1.807, 2.05) is 35.2 Å². The van der Waals surface area contributed by atoms with Gasteiger partial charge in [0.25, 0.3) is 5.91 Å².